The molecular formula is C12H26O2Si. The van der Waals surface area contributed by atoms with Crippen LogP contribution in [0.1, 0.15) is 39.0 Å². The first-order valence-electron chi connectivity index (χ1n) is 5.98. The van der Waals surface area contributed by atoms with Crippen LogP contribution in [0.15, 0.2) is 12.7 Å². The zero-order valence-corrected chi connectivity index (χ0v) is 11.6. The van der Waals surface area contributed by atoms with Crippen LogP contribution in [0.25, 0.3) is 0 Å². The number of hydrogen-bond donors (Lipinski definition) is 0. The van der Waals surface area contributed by atoms with Crippen molar-refractivity contribution in [3.05, 3.63) is 12.7 Å². The molecule has 0 aliphatic carbocycles. The molecule has 2 nitrogen and oxygen atoms in total. The Bertz CT molecular complexity index is 162. The predicted molar refractivity (Wildman–Crippen MR) is 68.3 cm³/mol. The maximum absolute atomic E-state index is 5.71. The minimum atomic E-state index is -1.81. The Labute approximate surface area is 95.9 Å². The first-order valence-corrected chi connectivity index (χ1v) is 8.51. The lowest BCUT2D eigenvalue weighted by Gasteiger charge is -2.24. The van der Waals surface area contributed by atoms with Gasteiger partial charge in [0.05, 0.1) is 0 Å². The average molecular weight is 230 g/mol. The van der Waals surface area contributed by atoms with Crippen LogP contribution < -0.4 is 0 Å². The fraction of sp³-hybridized carbons (Fsp3) is 0.833. The van der Waals surface area contributed by atoms with Gasteiger partial charge in [0.1, 0.15) is 0 Å². The second-order valence-corrected chi connectivity index (χ2v) is 7.48. The molecule has 0 saturated carbocycles. The summed E-state index contributed by atoms with van der Waals surface area (Å²) in [5, 5.41) is 0. The fourth-order valence-electron chi connectivity index (χ4n) is 1.63. The van der Waals surface area contributed by atoms with Crippen molar-refractivity contribution in [1.82, 2.24) is 0 Å². The monoisotopic (exact) mass is 230 g/mol. The fourth-order valence-corrected chi connectivity index (χ4v) is 3.60. The molecule has 0 aliphatic rings. The van der Waals surface area contributed by atoms with Gasteiger partial charge in [-0.2, -0.15) is 0 Å². The smallest absolute Gasteiger partial charge is 0.334 e. The van der Waals surface area contributed by atoms with E-state index in [9.17, 15) is 0 Å². The van der Waals surface area contributed by atoms with Gasteiger partial charge in [-0.15, -0.1) is 6.58 Å². The molecule has 3 heteroatoms. The Morgan fingerprint density at radius 2 is 1.87 bits per heavy atom. The van der Waals surface area contributed by atoms with Crippen LogP contribution >= 0.6 is 0 Å². The molecule has 0 aliphatic heterocycles. The van der Waals surface area contributed by atoms with E-state index in [0.29, 0.717) is 0 Å². The van der Waals surface area contributed by atoms with Crippen molar-refractivity contribution in [1.29, 1.82) is 0 Å². The van der Waals surface area contributed by atoms with Gasteiger partial charge in [-0.3, -0.25) is 0 Å². The van der Waals surface area contributed by atoms with Crippen molar-refractivity contribution in [2.75, 3.05) is 13.7 Å². The van der Waals surface area contributed by atoms with Gasteiger partial charge < -0.3 is 8.85 Å². The third-order valence-electron chi connectivity index (χ3n) is 2.67. The lowest BCUT2D eigenvalue weighted by atomic mass is 10.1. The van der Waals surface area contributed by atoms with E-state index in [-0.39, 0.29) is 0 Å². The lowest BCUT2D eigenvalue weighted by Crippen LogP contribution is -2.37. The highest BCUT2D eigenvalue weighted by Crippen LogP contribution is 2.17. The highest BCUT2D eigenvalue weighted by atomic mass is 28.4. The topological polar surface area (TPSA) is 18.5 Å². The Morgan fingerprint density at radius 3 is 2.40 bits per heavy atom. The van der Waals surface area contributed by atoms with E-state index in [1.165, 1.54) is 25.7 Å². The molecule has 0 radical (unpaired) electrons. The molecule has 0 saturated heterocycles. The van der Waals surface area contributed by atoms with Gasteiger partial charge in [-0.25, -0.2) is 0 Å². The lowest BCUT2D eigenvalue weighted by molar-refractivity contribution is 0.214. The summed E-state index contributed by atoms with van der Waals surface area (Å²) < 4.78 is 11.2. The Hall–Kier alpha value is -0.123. The van der Waals surface area contributed by atoms with Crippen LogP contribution in [-0.2, 0) is 8.85 Å². The maximum Gasteiger partial charge on any atom is 0.334 e. The van der Waals surface area contributed by atoms with Gasteiger partial charge >= 0.3 is 8.56 Å². The van der Waals surface area contributed by atoms with Gasteiger partial charge in [-0.1, -0.05) is 25.3 Å². The average Bonchev–Trinajstić information content (AvgIpc) is 2.24. The minimum absolute atomic E-state index is 0.771. The summed E-state index contributed by atoms with van der Waals surface area (Å²) >= 11 is 0. The molecule has 0 fully saturated rings. The third-order valence-corrected chi connectivity index (χ3v) is 5.70. The molecule has 0 rings (SSSR count). The van der Waals surface area contributed by atoms with E-state index in [2.05, 4.69) is 13.1 Å². The summed E-state index contributed by atoms with van der Waals surface area (Å²) in [6.45, 7) is 8.68. The van der Waals surface area contributed by atoms with Crippen LogP contribution in [0.3, 0.4) is 0 Å². The van der Waals surface area contributed by atoms with E-state index < -0.39 is 8.56 Å². The van der Waals surface area contributed by atoms with Crippen LogP contribution in [0.2, 0.25) is 12.6 Å². The van der Waals surface area contributed by atoms with E-state index in [4.69, 9.17) is 8.85 Å². The van der Waals surface area contributed by atoms with E-state index in [0.717, 1.165) is 19.1 Å². The van der Waals surface area contributed by atoms with E-state index >= 15 is 0 Å². The molecule has 0 aromatic heterocycles. The minimum Gasteiger partial charge on any atom is -0.398 e. The molecule has 0 aromatic carbocycles. The Morgan fingerprint density at radius 1 is 1.20 bits per heavy atom. The number of unbranched alkanes of at least 4 members (excludes halogenated alkanes) is 4. The number of allylic oxidation sites excluding steroid dienone is 1. The summed E-state index contributed by atoms with van der Waals surface area (Å²) in [6, 6.07) is 1.12. The summed E-state index contributed by atoms with van der Waals surface area (Å²) in [7, 11) is -0.0347. The molecule has 15 heavy (non-hydrogen) atoms. The van der Waals surface area contributed by atoms with Crippen LogP contribution in [-0.4, -0.2) is 22.3 Å². The number of rotatable bonds is 10. The van der Waals surface area contributed by atoms with Crippen molar-refractivity contribution >= 4 is 8.56 Å². The van der Waals surface area contributed by atoms with Gasteiger partial charge in [0.25, 0.3) is 0 Å². The second kappa shape index (κ2) is 9.13. The maximum atomic E-state index is 5.71. The van der Waals surface area contributed by atoms with Crippen molar-refractivity contribution < 1.29 is 8.85 Å². The van der Waals surface area contributed by atoms with Crippen LogP contribution in [0.5, 0.6) is 0 Å². The first kappa shape index (κ1) is 14.9. The zero-order chi connectivity index (χ0) is 11.6. The summed E-state index contributed by atoms with van der Waals surface area (Å²) in [5.74, 6) is 0. The van der Waals surface area contributed by atoms with Crippen LogP contribution in [0, 0.1) is 0 Å². The molecule has 1 atom stereocenters. The largest absolute Gasteiger partial charge is 0.398 e. The van der Waals surface area contributed by atoms with Gasteiger partial charge in [-0.05, 0) is 32.4 Å². The summed E-state index contributed by atoms with van der Waals surface area (Å²) in [4.78, 5) is 0. The molecule has 0 bridgehead atoms. The normalized spacial score (nSPS) is 14.9. The van der Waals surface area contributed by atoms with Crippen molar-refractivity contribution in [2.24, 2.45) is 0 Å². The third kappa shape index (κ3) is 7.77. The van der Waals surface area contributed by atoms with Gasteiger partial charge in [0.15, 0.2) is 0 Å². The summed E-state index contributed by atoms with van der Waals surface area (Å²) in [6.07, 6.45) is 8.22. The van der Waals surface area contributed by atoms with Gasteiger partial charge in [0.2, 0.25) is 0 Å². The molecule has 0 heterocycles. The second-order valence-electron chi connectivity index (χ2n) is 4.01. The van der Waals surface area contributed by atoms with Crippen molar-refractivity contribution in [3.8, 4) is 0 Å². The Balaban J connectivity index is 3.49. The molecule has 0 N–H and O–H groups in total. The highest BCUT2D eigenvalue weighted by Gasteiger charge is 2.28. The number of hydrogen-bond acceptors (Lipinski definition) is 2. The summed E-state index contributed by atoms with van der Waals surface area (Å²) in [5.41, 5.74) is 0. The molecule has 0 spiro atoms. The van der Waals surface area contributed by atoms with Gasteiger partial charge in [0, 0.05) is 13.7 Å². The molecule has 0 aromatic rings. The molecule has 0 amide bonds. The molecular weight excluding hydrogens is 204 g/mol. The van der Waals surface area contributed by atoms with Crippen molar-refractivity contribution in [3.63, 3.8) is 0 Å². The quantitative estimate of drug-likeness (QED) is 0.322. The standard InChI is InChI=1S/C12H26O2Si/c1-5-7-8-9-10-11-12-15(4,13-3)14-6-2/h5H,1,6-12H2,2-4H3. The predicted octanol–water partition coefficient (Wildman–Crippen LogP) is 3.88. The van der Waals surface area contributed by atoms with Crippen LogP contribution in [0.4, 0.5) is 0 Å². The first-order chi connectivity index (χ1) is 7.18. The zero-order valence-electron chi connectivity index (χ0n) is 10.6. The Kier molecular flexibility index (Phi) is 9.05. The van der Waals surface area contributed by atoms with E-state index in [1.54, 1.807) is 7.11 Å². The molecule has 90 valence electrons. The molecule has 1 unspecified atom stereocenters. The highest BCUT2D eigenvalue weighted by molar-refractivity contribution is 6.65. The SMILES string of the molecule is C=CCCCCCC[Si](C)(OC)OCC. The van der Waals surface area contributed by atoms with Crippen molar-refractivity contribution in [2.45, 2.75) is 51.6 Å². The van der Waals surface area contributed by atoms with E-state index in [1.807, 2.05) is 13.0 Å².